The largest absolute Gasteiger partial charge is 0.353 e. The number of hydrogen-bond donors (Lipinski definition) is 2. The molecule has 2 aliphatic rings. The van der Waals surface area contributed by atoms with Crippen LogP contribution in [0.15, 0.2) is 30.3 Å². The summed E-state index contributed by atoms with van der Waals surface area (Å²) in [4.78, 5) is 12.3. The van der Waals surface area contributed by atoms with Crippen molar-refractivity contribution in [2.75, 3.05) is 6.54 Å². The Kier molecular flexibility index (Phi) is 5.65. The van der Waals surface area contributed by atoms with E-state index in [2.05, 4.69) is 47.9 Å². The SMILES string of the molecule is C[C@H]1C[C@@H](C(=O)NC2CC(c3ccccc3)C2)CCN1.Cl. The first-order valence-electron chi connectivity index (χ1n) is 7.81. The lowest BCUT2D eigenvalue weighted by Gasteiger charge is -2.37. The van der Waals surface area contributed by atoms with Crippen LogP contribution in [0.2, 0.25) is 0 Å². The van der Waals surface area contributed by atoms with Crippen LogP contribution in [0, 0.1) is 5.92 Å². The minimum absolute atomic E-state index is 0. The van der Waals surface area contributed by atoms with Gasteiger partial charge in [0.05, 0.1) is 0 Å². The molecular weight excluding hydrogens is 284 g/mol. The van der Waals surface area contributed by atoms with Crippen molar-refractivity contribution in [2.45, 2.75) is 50.6 Å². The third-order valence-electron chi connectivity index (χ3n) is 4.75. The summed E-state index contributed by atoms with van der Waals surface area (Å²) in [7, 11) is 0. The fourth-order valence-electron chi connectivity index (χ4n) is 3.42. The molecule has 2 atom stereocenters. The molecule has 1 heterocycles. The minimum Gasteiger partial charge on any atom is -0.353 e. The number of hydrogen-bond acceptors (Lipinski definition) is 2. The second kappa shape index (κ2) is 7.28. The maximum absolute atomic E-state index is 12.3. The molecule has 2 fully saturated rings. The molecule has 3 rings (SSSR count). The Bertz CT molecular complexity index is 459. The smallest absolute Gasteiger partial charge is 0.223 e. The fraction of sp³-hybridized carbons (Fsp3) is 0.588. The molecule has 0 bridgehead atoms. The van der Waals surface area contributed by atoms with Crippen LogP contribution < -0.4 is 10.6 Å². The molecule has 21 heavy (non-hydrogen) atoms. The molecule has 0 radical (unpaired) electrons. The van der Waals surface area contributed by atoms with Crippen LogP contribution in [-0.2, 0) is 4.79 Å². The fourth-order valence-corrected chi connectivity index (χ4v) is 3.42. The van der Waals surface area contributed by atoms with Gasteiger partial charge in [-0.25, -0.2) is 0 Å². The zero-order valence-electron chi connectivity index (χ0n) is 12.5. The molecule has 3 nitrogen and oxygen atoms in total. The van der Waals surface area contributed by atoms with Gasteiger partial charge in [0.25, 0.3) is 0 Å². The molecule has 1 saturated heterocycles. The highest BCUT2D eigenvalue weighted by molar-refractivity contribution is 5.85. The number of carbonyl (C=O) groups is 1. The second-order valence-corrected chi connectivity index (χ2v) is 6.36. The van der Waals surface area contributed by atoms with Gasteiger partial charge in [-0.15, -0.1) is 12.4 Å². The normalized spacial score (nSPS) is 31.7. The number of benzene rings is 1. The Labute approximate surface area is 133 Å². The summed E-state index contributed by atoms with van der Waals surface area (Å²) in [5.74, 6) is 1.12. The number of amides is 1. The van der Waals surface area contributed by atoms with E-state index in [1.165, 1.54) is 5.56 Å². The Morgan fingerprint density at radius 1 is 1.19 bits per heavy atom. The van der Waals surface area contributed by atoms with Crippen LogP contribution in [0.4, 0.5) is 0 Å². The lowest BCUT2D eigenvalue weighted by Crippen LogP contribution is -2.48. The van der Waals surface area contributed by atoms with Crippen molar-refractivity contribution in [1.82, 2.24) is 10.6 Å². The van der Waals surface area contributed by atoms with Gasteiger partial charge in [-0.05, 0) is 50.6 Å². The first-order chi connectivity index (χ1) is 9.72. The first kappa shape index (κ1) is 16.3. The molecule has 1 aromatic carbocycles. The van der Waals surface area contributed by atoms with Crippen LogP contribution >= 0.6 is 12.4 Å². The standard InChI is InChI=1S/C17H24N2O.ClH/c1-12-9-14(7-8-18-12)17(20)19-16-10-15(11-16)13-5-3-2-4-6-13;/h2-6,12,14-16,18H,7-11H2,1H3,(H,19,20);1H/t12-,14-,15?,16?;/m0./s1. The summed E-state index contributed by atoms with van der Waals surface area (Å²) >= 11 is 0. The molecule has 0 unspecified atom stereocenters. The Morgan fingerprint density at radius 3 is 2.57 bits per heavy atom. The van der Waals surface area contributed by atoms with Crippen molar-refractivity contribution in [1.29, 1.82) is 0 Å². The van der Waals surface area contributed by atoms with Gasteiger partial charge in [0, 0.05) is 18.0 Å². The van der Waals surface area contributed by atoms with Crippen molar-refractivity contribution in [3.63, 3.8) is 0 Å². The van der Waals surface area contributed by atoms with E-state index in [0.29, 0.717) is 18.0 Å². The van der Waals surface area contributed by atoms with Crippen LogP contribution in [0.3, 0.4) is 0 Å². The van der Waals surface area contributed by atoms with Gasteiger partial charge < -0.3 is 10.6 Å². The molecule has 2 N–H and O–H groups in total. The molecule has 116 valence electrons. The predicted molar refractivity (Wildman–Crippen MR) is 87.8 cm³/mol. The van der Waals surface area contributed by atoms with E-state index in [-0.39, 0.29) is 24.2 Å². The topological polar surface area (TPSA) is 41.1 Å². The molecule has 1 aromatic rings. The third-order valence-corrected chi connectivity index (χ3v) is 4.75. The number of piperidine rings is 1. The molecular formula is C17H25ClN2O. The average molecular weight is 309 g/mol. The monoisotopic (exact) mass is 308 g/mol. The lowest BCUT2D eigenvalue weighted by atomic mass is 9.75. The quantitative estimate of drug-likeness (QED) is 0.901. The van der Waals surface area contributed by atoms with Crippen molar-refractivity contribution < 1.29 is 4.79 Å². The molecule has 1 aliphatic heterocycles. The van der Waals surface area contributed by atoms with Crippen LogP contribution in [0.1, 0.15) is 44.1 Å². The summed E-state index contributed by atoms with van der Waals surface area (Å²) in [6, 6.07) is 11.5. The zero-order valence-corrected chi connectivity index (χ0v) is 13.4. The van der Waals surface area contributed by atoms with Crippen LogP contribution in [0.25, 0.3) is 0 Å². The summed E-state index contributed by atoms with van der Waals surface area (Å²) in [6.07, 6.45) is 4.14. The van der Waals surface area contributed by atoms with Crippen LogP contribution in [-0.4, -0.2) is 24.5 Å². The van der Waals surface area contributed by atoms with Gasteiger partial charge in [0.1, 0.15) is 0 Å². The van der Waals surface area contributed by atoms with E-state index in [9.17, 15) is 4.79 Å². The average Bonchev–Trinajstić information content (AvgIpc) is 2.43. The van der Waals surface area contributed by atoms with Gasteiger partial charge in [-0.2, -0.15) is 0 Å². The zero-order chi connectivity index (χ0) is 13.9. The molecule has 1 saturated carbocycles. The molecule has 0 aromatic heterocycles. The van der Waals surface area contributed by atoms with Gasteiger partial charge in [0.2, 0.25) is 5.91 Å². The minimum atomic E-state index is 0. The van der Waals surface area contributed by atoms with Crippen molar-refractivity contribution in [2.24, 2.45) is 5.92 Å². The lowest BCUT2D eigenvalue weighted by molar-refractivity contribution is -0.127. The number of halogens is 1. The van der Waals surface area contributed by atoms with E-state index >= 15 is 0 Å². The first-order valence-corrected chi connectivity index (χ1v) is 7.81. The Hall–Kier alpha value is -1.06. The molecule has 4 heteroatoms. The maximum atomic E-state index is 12.3. The van der Waals surface area contributed by atoms with Crippen LogP contribution in [0.5, 0.6) is 0 Å². The van der Waals surface area contributed by atoms with Gasteiger partial charge in [0.15, 0.2) is 0 Å². The highest BCUT2D eigenvalue weighted by Crippen LogP contribution is 2.36. The van der Waals surface area contributed by atoms with E-state index in [1.54, 1.807) is 0 Å². The number of nitrogens with one attached hydrogen (secondary N) is 2. The summed E-state index contributed by atoms with van der Waals surface area (Å²) in [6.45, 7) is 3.13. The summed E-state index contributed by atoms with van der Waals surface area (Å²) in [5, 5.41) is 6.64. The van der Waals surface area contributed by atoms with Crippen molar-refractivity contribution in [3.8, 4) is 0 Å². The third kappa shape index (κ3) is 3.98. The number of carbonyl (C=O) groups excluding carboxylic acids is 1. The molecule has 0 spiro atoms. The van der Waals surface area contributed by atoms with E-state index in [4.69, 9.17) is 0 Å². The highest BCUT2D eigenvalue weighted by atomic mass is 35.5. The second-order valence-electron chi connectivity index (χ2n) is 6.36. The van der Waals surface area contributed by atoms with Crippen molar-refractivity contribution in [3.05, 3.63) is 35.9 Å². The summed E-state index contributed by atoms with van der Waals surface area (Å²) < 4.78 is 0. The number of rotatable bonds is 3. The van der Waals surface area contributed by atoms with Gasteiger partial charge in [-0.1, -0.05) is 30.3 Å². The van der Waals surface area contributed by atoms with E-state index in [1.807, 2.05) is 0 Å². The Morgan fingerprint density at radius 2 is 1.90 bits per heavy atom. The molecule has 1 aliphatic carbocycles. The van der Waals surface area contributed by atoms with E-state index < -0.39 is 0 Å². The van der Waals surface area contributed by atoms with Gasteiger partial charge >= 0.3 is 0 Å². The van der Waals surface area contributed by atoms with E-state index in [0.717, 1.165) is 32.2 Å². The summed E-state index contributed by atoms with van der Waals surface area (Å²) in [5.41, 5.74) is 1.41. The Balaban J connectivity index is 0.00000161. The van der Waals surface area contributed by atoms with Gasteiger partial charge in [-0.3, -0.25) is 4.79 Å². The maximum Gasteiger partial charge on any atom is 0.223 e. The van der Waals surface area contributed by atoms with Crippen molar-refractivity contribution >= 4 is 18.3 Å². The predicted octanol–water partition coefficient (Wildman–Crippen LogP) is 2.86. The highest BCUT2D eigenvalue weighted by Gasteiger charge is 2.33. The molecule has 1 amide bonds.